The predicted octanol–water partition coefficient (Wildman–Crippen LogP) is 3.16. The van der Waals surface area contributed by atoms with Gasteiger partial charge in [-0.2, -0.15) is 4.31 Å². The third-order valence-corrected chi connectivity index (χ3v) is 9.02. The van der Waals surface area contributed by atoms with Crippen LogP contribution in [0.3, 0.4) is 0 Å². The van der Waals surface area contributed by atoms with Crippen molar-refractivity contribution in [2.45, 2.75) is 28.8 Å². The van der Waals surface area contributed by atoms with Crippen LogP contribution >= 0.6 is 23.2 Å². The van der Waals surface area contributed by atoms with E-state index in [9.17, 15) is 26.4 Å². The van der Waals surface area contributed by atoms with Gasteiger partial charge in [0, 0.05) is 16.6 Å². The number of nitrogens with two attached hydrogens (primary N) is 1. The van der Waals surface area contributed by atoms with Gasteiger partial charge in [-0.1, -0.05) is 41.4 Å². The fourth-order valence-corrected chi connectivity index (χ4v) is 6.19. The van der Waals surface area contributed by atoms with Crippen LogP contribution in [-0.4, -0.2) is 39.0 Å². The quantitative estimate of drug-likeness (QED) is 0.435. The normalized spacial score (nSPS) is 16.7. The Kier molecular flexibility index (Phi) is 7.24. The highest BCUT2D eigenvalue weighted by molar-refractivity contribution is 7.89. The number of halogens is 2. The molecule has 13 heteroatoms. The van der Waals surface area contributed by atoms with Crippen LogP contribution in [0, 0.1) is 0 Å². The summed E-state index contributed by atoms with van der Waals surface area (Å²) in [6.07, 6.45) is -0.424. The molecule has 0 radical (unpaired) electrons. The van der Waals surface area contributed by atoms with Crippen LogP contribution in [0.5, 0.6) is 0 Å². The zero-order chi connectivity index (χ0) is 26.3. The first-order chi connectivity index (χ1) is 16.9. The van der Waals surface area contributed by atoms with E-state index < -0.39 is 44.3 Å². The second-order valence-corrected chi connectivity index (χ2v) is 12.2. The minimum atomic E-state index is -4.28. The number of amides is 2. The second-order valence-electron chi connectivity index (χ2n) is 7.92. The highest BCUT2D eigenvalue weighted by Gasteiger charge is 2.47. The van der Waals surface area contributed by atoms with E-state index in [0.29, 0.717) is 15.6 Å². The van der Waals surface area contributed by atoms with Crippen molar-refractivity contribution in [2.75, 3.05) is 4.90 Å². The van der Waals surface area contributed by atoms with Gasteiger partial charge in [0.1, 0.15) is 6.04 Å². The maximum absolute atomic E-state index is 13.7. The maximum Gasteiger partial charge on any atom is 0.252 e. The van der Waals surface area contributed by atoms with Crippen LogP contribution in [0.25, 0.3) is 0 Å². The minimum absolute atomic E-state index is 0.0847. The van der Waals surface area contributed by atoms with Gasteiger partial charge in [0.05, 0.1) is 21.9 Å². The number of primary sulfonamides is 1. The average Bonchev–Trinajstić information content (AvgIpc) is 3.11. The first kappa shape index (κ1) is 26.3. The Balaban J connectivity index is 1.75. The Hall–Kier alpha value is -2.80. The Morgan fingerprint density at radius 2 is 1.44 bits per heavy atom. The molecule has 0 aromatic heterocycles. The highest BCUT2D eigenvalue weighted by Crippen LogP contribution is 2.32. The summed E-state index contributed by atoms with van der Waals surface area (Å²) >= 11 is 12.2. The SMILES string of the molecule is NS(=O)(=O)c1ccc(N2C(=O)CC(N(Cc3ccccc3Cl)S(=O)(=O)c3ccc(Cl)cc3)C2=O)cc1. The molecule has 3 aromatic rings. The van der Waals surface area contributed by atoms with Crippen molar-refractivity contribution in [1.29, 1.82) is 0 Å². The smallest absolute Gasteiger partial charge is 0.252 e. The van der Waals surface area contributed by atoms with E-state index in [-0.39, 0.29) is 22.0 Å². The molecule has 0 spiro atoms. The van der Waals surface area contributed by atoms with Crippen molar-refractivity contribution in [1.82, 2.24) is 4.31 Å². The summed E-state index contributed by atoms with van der Waals surface area (Å²) in [7, 11) is -8.27. The molecule has 9 nitrogen and oxygen atoms in total. The Morgan fingerprint density at radius 1 is 0.861 bits per heavy atom. The minimum Gasteiger partial charge on any atom is -0.274 e. The fraction of sp³-hybridized carbons (Fsp3) is 0.130. The van der Waals surface area contributed by atoms with E-state index in [1.54, 1.807) is 24.3 Å². The number of nitrogens with zero attached hydrogens (tertiary/aromatic N) is 2. The van der Waals surface area contributed by atoms with Gasteiger partial charge in [-0.25, -0.2) is 26.9 Å². The van der Waals surface area contributed by atoms with Crippen molar-refractivity contribution in [2.24, 2.45) is 5.14 Å². The molecule has 1 fully saturated rings. The van der Waals surface area contributed by atoms with Gasteiger partial charge in [0.15, 0.2) is 0 Å². The average molecular weight is 568 g/mol. The van der Waals surface area contributed by atoms with Crippen LogP contribution in [0.1, 0.15) is 12.0 Å². The summed E-state index contributed by atoms with van der Waals surface area (Å²) in [6, 6.07) is 15.5. The third-order valence-electron chi connectivity index (χ3n) is 5.60. The summed E-state index contributed by atoms with van der Waals surface area (Å²) < 4.78 is 51.4. The molecule has 1 atom stereocenters. The fourth-order valence-electron chi connectivity index (χ4n) is 3.80. The van der Waals surface area contributed by atoms with E-state index in [1.165, 1.54) is 36.4 Å². The molecular weight excluding hydrogens is 549 g/mol. The third kappa shape index (κ3) is 5.17. The number of imide groups is 1. The van der Waals surface area contributed by atoms with Gasteiger partial charge >= 0.3 is 0 Å². The van der Waals surface area contributed by atoms with Gasteiger partial charge in [-0.05, 0) is 60.2 Å². The van der Waals surface area contributed by atoms with E-state index in [4.69, 9.17) is 28.3 Å². The standard InChI is InChI=1S/C23H19Cl2N3O6S2/c24-16-5-9-19(10-6-16)36(33,34)27(14-15-3-1-2-4-20(15)25)21-13-22(29)28(23(21)30)17-7-11-18(12-8-17)35(26,31)32/h1-12,21H,13-14H2,(H2,26,31,32). The largest absolute Gasteiger partial charge is 0.274 e. The zero-order valence-corrected chi connectivity index (χ0v) is 21.6. The molecule has 0 bridgehead atoms. The number of hydrogen-bond acceptors (Lipinski definition) is 6. The molecule has 2 N–H and O–H groups in total. The van der Waals surface area contributed by atoms with Crippen LogP contribution in [-0.2, 0) is 36.2 Å². The van der Waals surface area contributed by atoms with Crippen molar-refractivity contribution in [3.05, 3.63) is 88.4 Å². The number of carbonyl (C=O) groups is 2. The summed E-state index contributed by atoms with van der Waals surface area (Å²) in [5.41, 5.74) is 0.523. The van der Waals surface area contributed by atoms with Crippen molar-refractivity contribution in [3.63, 3.8) is 0 Å². The summed E-state index contributed by atoms with van der Waals surface area (Å²) in [5, 5.41) is 5.73. The number of hydrogen-bond donors (Lipinski definition) is 1. The molecule has 1 aliphatic heterocycles. The molecular formula is C23H19Cl2N3O6S2. The number of benzene rings is 3. The second kappa shape index (κ2) is 9.92. The molecule has 36 heavy (non-hydrogen) atoms. The number of sulfonamides is 2. The van der Waals surface area contributed by atoms with Gasteiger partial charge in [0.2, 0.25) is 26.0 Å². The van der Waals surface area contributed by atoms with E-state index in [2.05, 4.69) is 0 Å². The number of anilines is 1. The van der Waals surface area contributed by atoms with Crippen molar-refractivity contribution >= 4 is 60.8 Å². The van der Waals surface area contributed by atoms with Crippen LogP contribution < -0.4 is 10.0 Å². The lowest BCUT2D eigenvalue weighted by molar-refractivity contribution is -0.122. The van der Waals surface area contributed by atoms with Crippen LogP contribution in [0.2, 0.25) is 10.0 Å². The summed E-state index contributed by atoms with van der Waals surface area (Å²) in [4.78, 5) is 26.9. The van der Waals surface area contributed by atoms with Gasteiger partial charge in [-0.15, -0.1) is 0 Å². The Morgan fingerprint density at radius 3 is 2.03 bits per heavy atom. The lowest BCUT2D eigenvalue weighted by atomic mass is 10.2. The zero-order valence-electron chi connectivity index (χ0n) is 18.4. The summed E-state index contributed by atoms with van der Waals surface area (Å²) in [5.74, 6) is -1.43. The Labute approximate surface area is 218 Å². The van der Waals surface area contributed by atoms with Crippen molar-refractivity contribution < 1.29 is 26.4 Å². The first-order valence-electron chi connectivity index (χ1n) is 10.4. The van der Waals surface area contributed by atoms with Crippen LogP contribution in [0.15, 0.2) is 82.6 Å². The molecule has 2 amide bonds. The summed E-state index contributed by atoms with van der Waals surface area (Å²) in [6.45, 7) is -0.271. The predicted molar refractivity (Wildman–Crippen MR) is 134 cm³/mol. The lowest BCUT2D eigenvalue weighted by Gasteiger charge is -2.27. The number of carbonyl (C=O) groups excluding carboxylic acids is 2. The molecule has 0 aliphatic carbocycles. The van der Waals surface area contributed by atoms with E-state index >= 15 is 0 Å². The molecule has 1 heterocycles. The first-order valence-corrected chi connectivity index (χ1v) is 14.1. The maximum atomic E-state index is 13.7. The monoisotopic (exact) mass is 567 g/mol. The molecule has 4 rings (SSSR count). The highest BCUT2D eigenvalue weighted by atomic mass is 35.5. The molecule has 3 aromatic carbocycles. The van der Waals surface area contributed by atoms with E-state index in [1.807, 2.05) is 0 Å². The van der Waals surface area contributed by atoms with E-state index in [0.717, 1.165) is 21.3 Å². The van der Waals surface area contributed by atoms with Crippen LogP contribution in [0.4, 0.5) is 5.69 Å². The Bertz CT molecular complexity index is 1540. The van der Waals surface area contributed by atoms with Gasteiger partial charge < -0.3 is 0 Å². The topological polar surface area (TPSA) is 135 Å². The molecule has 0 saturated carbocycles. The van der Waals surface area contributed by atoms with Gasteiger partial charge in [0.25, 0.3) is 5.91 Å². The lowest BCUT2D eigenvalue weighted by Crippen LogP contribution is -2.45. The van der Waals surface area contributed by atoms with Gasteiger partial charge in [-0.3, -0.25) is 9.59 Å². The van der Waals surface area contributed by atoms with Crippen molar-refractivity contribution in [3.8, 4) is 0 Å². The number of rotatable bonds is 7. The molecule has 1 saturated heterocycles. The molecule has 1 aliphatic rings. The molecule has 188 valence electrons. The molecule has 1 unspecified atom stereocenters.